The van der Waals surface area contributed by atoms with Gasteiger partial charge in [0.05, 0.1) is 65.0 Å². The number of anilines is 6. The number of nitrogens with two attached hydrogens (primary N) is 1. The van der Waals surface area contributed by atoms with E-state index < -0.39 is 0 Å². The molecule has 2 amide bonds. The van der Waals surface area contributed by atoms with Gasteiger partial charge < -0.3 is 26.2 Å². The molecule has 0 unspecified atom stereocenters. The van der Waals surface area contributed by atoms with Gasteiger partial charge in [0.2, 0.25) is 0 Å². The van der Waals surface area contributed by atoms with Crippen LogP contribution in [0.4, 0.5) is 39.2 Å². The van der Waals surface area contributed by atoms with Crippen LogP contribution >= 0.6 is 0 Å². The molecule has 10 heterocycles. The van der Waals surface area contributed by atoms with Gasteiger partial charge in [-0.2, -0.15) is 0 Å². The smallest absolute Gasteiger partial charge is 0.327 e. The summed E-state index contributed by atoms with van der Waals surface area (Å²) in [5.74, 6) is 1.73. The Balaban J connectivity index is 0.000000140. The highest BCUT2D eigenvalue weighted by molar-refractivity contribution is 6.04. The maximum absolute atomic E-state index is 13.2. The second-order valence-corrected chi connectivity index (χ2v) is 14.2. The van der Waals surface area contributed by atoms with Crippen molar-refractivity contribution in [2.45, 2.75) is 51.6 Å². The molecular formula is C41H44N14O. The Hall–Kier alpha value is -6.77. The summed E-state index contributed by atoms with van der Waals surface area (Å²) in [6.45, 7) is 8.04. The Labute approximate surface area is 325 Å². The molecule has 56 heavy (non-hydrogen) atoms. The van der Waals surface area contributed by atoms with Gasteiger partial charge in [0.25, 0.3) is 0 Å². The number of rotatable bonds is 3. The van der Waals surface area contributed by atoms with Crippen LogP contribution in [-0.4, -0.2) is 84.2 Å². The second kappa shape index (κ2) is 16.3. The predicted octanol–water partition coefficient (Wildman–Crippen LogP) is 6.17. The fourth-order valence-electron chi connectivity index (χ4n) is 7.59. The number of nitrogens with zero attached hydrogens (tertiary/aromatic N) is 11. The highest BCUT2D eigenvalue weighted by Crippen LogP contribution is 2.40. The molecule has 0 spiro atoms. The van der Waals surface area contributed by atoms with Gasteiger partial charge in [0, 0.05) is 67.1 Å². The first kappa shape index (κ1) is 36.2. The van der Waals surface area contributed by atoms with E-state index in [2.05, 4.69) is 74.6 Å². The van der Waals surface area contributed by atoms with Crippen molar-refractivity contribution in [3.63, 3.8) is 0 Å². The Kier molecular flexibility index (Phi) is 10.5. The number of carbonyl (C=O) groups is 1. The lowest BCUT2D eigenvalue weighted by atomic mass is 9.99. The van der Waals surface area contributed by atoms with Gasteiger partial charge >= 0.3 is 6.03 Å². The van der Waals surface area contributed by atoms with Gasteiger partial charge in [-0.1, -0.05) is 0 Å². The molecule has 4 N–H and O–H groups in total. The number of hydrogen-bond donors (Lipinski definition) is 3. The van der Waals surface area contributed by atoms with Crippen LogP contribution in [0.25, 0.3) is 22.5 Å². The fourth-order valence-corrected chi connectivity index (χ4v) is 7.59. The van der Waals surface area contributed by atoms with Crippen LogP contribution in [-0.2, 0) is 0 Å². The third-order valence-electron chi connectivity index (χ3n) is 10.2. The zero-order chi connectivity index (χ0) is 38.4. The van der Waals surface area contributed by atoms with Crippen LogP contribution in [0, 0.1) is 13.8 Å². The van der Waals surface area contributed by atoms with E-state index in [4.69, 9.17) is 15.7 Å². The van der Waals surface area contributed by atoms with E-state index in [-0.39, 0.29) is 12.1 Å². The van der Waals surface area contributed by atoms with Gasteiger partial charge in [0.1, 0.15) is 12.7 Å². The first-order valence-electron chi connectivity index (χ1n) is 18.9. The van der Waals surface area contributed by atoms with Crippen molar-refractivity contribution in [1.29, 1.82) is 0 Å². The zero-order valence-corrected chi connectivity index (χ0v) is 31.5. The standard InChI is InChI=1S/C21H21N7O.C16H18N4.C4H5N3/c1-14-9-15(6-7-24-14)18-4-5-19-20(26-18)28(17-3-2-8-27(19)12-17)21(29)25-16-10-22-13-23-11-16;1-11-9-12(6-7-17-11)14-4-5-15-16(19-14)18-13-3-2-8-20(15)10-13;5-4-1-6-3-7-2-4/h4-7,9-11,13,17H,2-3,8,12H2,1H3,(H,25,29);4-7,9,13H,2-3,8,10H2,1H3,(H,18,19);1-3H,5H2/t17-;13-;/m00./s1. The minimum Gasteiger partial charge on any atom is -0.396 e. The van der Waals surface area contributed by atoms with E-state index in [1.807, 2.05) is 44.3 Å². The van der Waals surface area contributed by atoms with Crippen molar-refractivity contribution < 1.29 is 4.79 Å². The molecule has 4 bridgehead atoms. The molecule has 2 saturated heterocycles. The molecule has 4 aliphatic heterocycles. The molecule has 15 heteroatoms. The fraction of sp³-hybridized carbons (Fsp3) is 0.293. The largest absolute Gasteiger partial charge is 0.396 e. The molecule has 2 atom stereocenters. The summed E-state index contributed by atoms with van der Waals surface area (Å²) >= 11 is 0. The lowest BCUT2D eigenvalue weighted by Crippen LogP contribution is -2.56. The highest BCUT2D eigenvalue weighted by Gasteiger charge is 2.38. The van der Waals surface area contributed by atoms with Gasteiger partial charge in [-0.05, 0) is 88.1 Å². The average Bonchev–Trinajstić information content (AvgIpc) is 3.22. The van der Waals surface area contributed by atoms with Crippen molar-refractivity contribution in [2.75, 3.05) is 57.2 Å². The molecule has 15 nitrogen and oxygen atoms in total. The molecule has 0 aliphatic carbocycles. The summed E-state index contributed by atoms with van der Waals surface area (Å²) in [7, 11) is 0. The minimum atomic E-state index is -0.205. The summed E-state index contributed by atoms with van der Waals surface area (Å²) in [5, 5.41) is 6.50. The highest BCUT2D eigenvalue weighted by atomic mass is 16.2. The third kappa shape index (κ3) is 8.16. The van der Waals surface area contributed by atoms with Crippen molar-refractivity contribution in [2.24, 2.45) is 0 Å². The number of amides is 2. The normalized spacial score (nSPS) is 17.4. The molecule has 4 aliphatic rings. The van der Waals surface area contributed by atoms with Crippen LogP contribution in [0.15, 0.2) is 98.4 Å². The van der Waals surface area contributed by atoms with Crippen LogP contribution in [0.2, 0.25) is 0 Å². The number of carbonyl (C=O) groups excluding carboxylic acids is 1. The van der Waals surface area contributed by atoms with Gasteiger partial charge in [-0.15, -0.1) is 0 Å². The topological polar surface area (TPSA) is 180 Å². The van der Waals surface area contributed by atoms with Gasteiger partial charge in [0.15, 0.2) is 11.6 Å². The molecular weight excluding hydrogens is 705 g/mol. The molecule has 6 aromatic rings. The molecule has 0 aromatic carbocycles. The van der Waals surface area contributed by atoms with Crippen LogP contribution in [0.1, 0.15) is 37.1 Å². The number of hydrogen-bond acceptors (Lipinski definition) is 13. The minimum absolute atomic E-state index is 0.0859. The van der Waals surface area contributed by atoms with Crippen molar-refractivity contribution in [3.8, 4) is 22.5 Å². The SMILES string of the molecule is Cc1cc(-c2ccc3c(n2)N(C(=O)Nc2cncnc2)[C@H]2CCCN3C2)ccn1.Cc1cc(-c2ccc3c(n2)N[C@H]2CCCN3C2)ccn1.Nc1cncnc1. The van der Waals surface area contributed by atoms with Crippen LogP contribution in [0.5, 0.6) is 0 Å². The number of aromatic nitrogens is 8. The molecule has 0 radical (unpaired) electrons. The molecule has 6 aromatic heterocycles. The van der Waals surface area contributed by atoms with E-state index in [9.17, 15) is 4.79 Å². The third-order valence-corrected chi connectivity index (χ3v) is 10.2. The lowest BCUT2D eigenvalue weighted by molar-refractivity contribution is 0.252. The Morgan fingerprint density at radius 2 is 1.36 bits per heavy atom. The molecule has 2 fully saturated rings. The number of fused-ring (bicyclic) bond motifs is 8. The number of urea groups is 1. The molecule has 10 rings (SSSR count). The summed E-state index contributed by atoms with van der Waals surface area (Å²) in [5.41, 5.74) is 14.6. The zero-order valence-electron chi connectivity index (χ0n) is 31.5. The second-order valence-electron chi connectivity index (χ2n) is 14.2. The predicted molar refractivity (Wildman–Crippen MR) is 218 cm³/mol. The number of nitrogen functional groups attached to an aromatic ring is 1. The molecule has 284 valence electrons. The van der Waals surface area contributed by atoms with E-state index in [0.29, 0.717) is 23.2 Å². The average molecular weight is 749 g/mol. The summed E-state index contributed by atoms with van der Waals surface area (Å²) < 4.78 is 0. The van der Waals surface area contributed by atoms with Crippen molar-refractivity contribution in [1.82, 2.24) is 39.9 Å². The van der Waals surface area contributed by atoms with Gasteiger partial charge in [-0.3, -0.25) is 14.9 Å². The number of pyridine rings is 4. The van der Waals surface area contributed by atoms with E-state index in [0.717, 1.165) is 84.4 Å². The summed E-state index contributed by atoms with van der Waals surface area (Å²) in [6.07, 6.45) is 17.3. The van der Waals surface area contributed by atoms with E-state index in [1.54, 1.807) is 35.9 Å². The Bertz CT molecular complexity index is 2290. The Morgan fingerprint density at radius 3 is 2.00 bits per heavy atom. The summed E-state index contributed by atoms with van der Waals surface area (Å²) in [6, 6.07) is 16.9. The quantitative estimate of drug-likeness (QED) is 0.187. The number of piperidine rings is 2. The maximum atomic E-state index is 13.2. The molecule has 0 saturated carbocycles. The monoisotopic (exact) mass is 748 g/mol. The first-order valence-corrected chi connectivity index (χ1v) is 18.9. The summed E-state index contributed by atoms with van der Waals surface area (Å²) in [4.78, 5) is 53.3. The number of aryl methyl sites for hydroxylation is 2. The first-order chi connectivity index (χ1) is 27.4. The Morgan fingerprint density at radius 1 is 0.750 bits per heavy atom. The number of nitrogens with one attached hydrogen (secondary N) is 2. The van der Waals surface area contributed by atoms with Crippen LogP contribution in [0.3, 0.4) is 0 Å². The van der Waals surface area contributed by atoms with Crippen molar-refractivity contribution in [3.05, 3.63) is 110 Å². The van der Waals surface area contributed by atoms with Gasteiger partial charge in [-0.25, -0.2) is 34.7 Å². The lowest BCUT2D eigenvalue weighted by Gasteiger charge is -2.45. The van der Waals surface area contributed by atoms with Crippen LogP contribution < -0.4 is 31.1 Å². The van der Waals surface area contributed by atoms with E-state index >= 15 is 0 Å². The maximum Gasteiger partial charge on any atom is 0.327 e. The van der Waals surface area contributed by atoms with E-state index in [1.165, 1.54) is 31.2 Å². The van der Waals surface area contributed by atoms with Crippen molar-refractivity contribution >= 4 is 40.4 Å².